The predicted octanol–water partition coefficient (Wildman–Crippen LogP) is 3.76. The van der Waals surface area contributed by atoms with Gasteiger partial charge in [-0.2, -0.15) is 5.10 Å². The van der Waals surface area contributed by atoms with E-state index in [1.807, 2.05) is 41.2 Å². The second-order valence-electron chi connectivity index (χ2n) is 6.92. The number of benzene rings is 2. The smallest absolute Gasteiger partial charge is 0.407 e. The number of unbranched alkanes of at least 4 members (excludes halogenated alkanes) is 1. The highest BCUT2D eigenvalue weighted by atomic mass is 16.5. The first-order valence-electron chi connectivity index (χ1n) is 10.0. The summed E-state index contributed by atoms with van der Waals surface area (Å²) in [5.41, 5.74) is 10.1. The van der Waals surface area contributed by atoms with Gasteiger partial charge in [0.05, 0.1) is 6.20 Å². The fourth-order valence-electron chi connectivity index (χ4n) is 3.03. The van der Waals surface area contributed by atoms with E-state index in [9.17, 15) is 4.79 Å². The van der Waals surface area contributed by atoms with Crippen LogP contribution in [0.3, 0.4) is 0 Å². The van der Waals surface area contributed by atoms with Crippen LogP contribution >= 0.6 is 0 Å². The number of rotatable bonds is 10. The lowest BCUT2D eigenvalue weighted by Crippen LogP contribution is -2.25. The van der Waals surface area contributed by atoms with Gasteiger partial charge in [0.2, 0.25) is 0 Å². The molecule has 0 unspecified atom stereocenters. The molecule has 0 aliphatic rings. The van der Waals surface area contributed by atoms with Crippen molar-refractivity contribution in [1.29, 1.82) is 0 Å². The van der Waals surface area contributed by atoms with Gasteiger partial charge in [0.25, 0.3) is 0 Å². The predicted molar refractivity (Wildman–Crippen MR) is 114 cm³/mol. The zero-order valence-corrected chi connectivity index (χ0v) is 16.6. The number of nitrogens with one attached hydrogen (secondary N) is 1. The Kier molecular flexibility index (Phi) is 7.83. The Labute approximate surface area is 171 Å². The molecule has 1 heterocycles. The lowest BCUT2D eigenvalue weighted by atomic mass is 10.1. The van der Waals surface area contributed by atoms with Crippen LogP contribution in [0.4, 0.5) is 4.79 Å². The minimum absolute atomic E-state index is 0.288. The maximum atomic E-state index is 11.7. The Morgan fingerprint density at radius 2 is 1.79 bits per heavy atom. The average Bonchev–Trinajstić information content (AvgIpc) is 3.22. The lowest BCUT2D eigenvalue weighted by molar-refractivity contribution is 0.139. The summed E-state index contributed by atoms with van der Waals surface area (Å²) in [5, 5.41) is 7.22. The fourth-order valence-corrected chi connectivity index (χ4v) is 3.03. The molecule has 0 saturated heterocycles. The molecular weight excluding hydrogens is 364 g/mol. The Morgan fingerprint density at radius 3 is 2.55 bits per heavy atom. The molecule has 0 fully saturated rings. The number of carbonyl (C=O) groups excluding carboxylic acids is 1. The lowest BCUT2D eigenvalue weighted by Gasteiger charge is -2.07. The minimum Gasteiger partial charge on any atom is -0.445 e. The van der Waals surface area contributed by atoms with E-state index in [-0.39, 0.29) is 12.7 Å². The molecular formula is C23H28N4O2. The third kappa shape index (κ3) is 6.76. The van der Waals surface area contributed by atoms with Crippen molar-refractivity contribution in [2.24, 2.45) is 5.73 Å². The highest BCUT2D eigenvalue weighted by Gasteiger charge is 2.04. The van der Waals surface area contributed by atoms with Crippen LogP contribution in [0, 0.1) is 0 Å². The number of hydrogen-bond donors (Lipinski definition) is 2. The third-order valence-electron chi connectivity index (χ3n) is 4.65. The average molecular weight is 393 g/mol. The van der Waals surface area contributed by atoms with Gasteiger partial charge in [0, 0.05) is 24.8 Å². The second kappa shape index (κ2) is 11.0. The number of nitrogens with two attached hydrogens (primary N) is 1. The Balaban J connectivity index is 1.33. The molecule has 29 heavy (non-hydrogen) atoms. The topological polar surface area (TPSA) is 82.2 Å². The molecule has 6 heteroatoms. The minimum atomic E-state index is -0.381. The maximum absolute atomic E-state index is 11.7. The first-order valence-corrected chi connectivity index (χ1v) is 10.0. The zero-order valence-electron chi connectivity index (χ0n) is 16.6. The van der Waals surface area contributed by atoms with E-state index in [0.717, 1.165) is 42.5 Å². The number of amides is 1. The monoisotopic (exact) mass is 392 g/mol. The summed E-state index contributed by atoms with van der Waals surface area (Å²) in [4.78, 5) is 11.7. The summed E-state index contributed by atoms with van der Waals surface area (Å²) in [6, 6.07) is 18.1. The maximum Gasteiger partial charge on any atom is 0.407 e. The number of alkyl carbamates (subject to hydrolysis) is 1. The van der Waals surface area contributed by atoms with E-state index in [0.29, 0.717) is 13.1 Å². The summed E-state index contributed by atoms with van der Waals surface area (Å²) in [5.74, 6) is 0. The normalized spacial score (nSPS) is 10.7. The van der Waals surface area contributed by atoms with Gasteiger partial charge in [-0.1, -0.05) is 54.6 Å². The number of aromatic nitrogens is 2. The molecule has 1 aromatic heterocycles. The Morgan fingerprint density at radius 1 is 1.00 bits per heavy atom. The van der Waals surface area contributed by atoms with Gasteiger partial charge in [-0.25, -0.2) is 4.79 Å². The molecule has 2 aromatic carbocycles. The zero-order chi connectivity index (χ0) is 20.3. The molecule has 3 rings (SSSR count). The van der Waals surface area contributed by atoms with Crippen LogP contribution in [0.2, 0.25) is 0 Å². The SMILES string of the molecule is NCCc1ccc(-c2cnn(CCCCNC(=O)OCc3ccccc3)c2)cc1. The van der Waals surface area contributed by atoms with Gasteiger partial charge in [-0.15, -0.1) is 0 Å². The van der Waals surface area contributed by atoms with Gasteiger partial charge in [-0.3, -0.25) is 4.68 Å². The van der Waals surface area contributed by atoms with Crippen molar-refractivity contribution in [3.05, 3.63) is 78.1 Å². The van der Waals surface area contributed by atoms with Crippen LogP contribution in [-0.2, 0) is 24.3 Å². The highest BCUT2D eigenvalue weighted by Crippen LogP contribution is 2.19. The first kappa shape index (κ1) is 20.6. The summed E-state index contributed by atoms with van der Waals surface area (Å²) in [6.45, 7) is 2.35. The van der Waals surface area contributed by atoms with Crippen LogP contribution in [0.15, 0.2) is 67.0 Å². The van der Waals surface area contributed by atoms with Crippen molar-refractivity contribution >= 4 is 6.09 Å². The number of aryl methyl sites for hydroxylation is 1. The van der Waals surface area contributed by atoms with Gasteiger partial charge in [-0.05, 0) is 42.5 Å². The summed E-state index contributed by atoms with van der Waals surface area (Å²) < 4.78 is 7.14. The molecule has 0 spiro atoms. The van der Waals surface area contributed by atoms with E-state index < -0.39 is 0 Å². The molecule has 3 aromatic rings. The van der Waals surface area contributed by atoms with Crippen molar-refractivity contribution in [3.8, 4) is 11.1 Å². The number of nitrogens with zero attached hydrogens (tertiary/aromatic N) is 2. The van der Waals surface area contributed by atoms with Crippen LogP contribution in [0.1, 0.15) is 24.0 Å². The van der Waals surface area contributed by atoms with Gasteiger partial charge in [0.1, 0.15) is 6.61 Å². The molecule has 0 atom stereocenters. The summed E-state index contributed by atoms with van der Waals surface area (Å²) in [6.07, 6.45) is 6.25. The van der Waals surface area contributed by atoms with Crippen molar-refractivity contribution in [2.75, 3.05) is 13.1 Å². The van der Waals surface area contributed by atoms with Crippen molar-refractivity contribution in [2.45, 2.75) is 32.4 Å². The molecule has 0 bridgehead atoms. The first-order chi connectivity index (χ1) is 14.2. The molecule has 0 saturated carbocycles. The van der Waals surface area contributed by atoms with E-state index >= 15 is 0 Å². The van der Waals surface area contributed by atoms with Crippen LogP contribution < -0.4 is 11.1 Å². The molecule has 1 amide bonds. The standard InChI is InChI=1S/C23H28N4O2/c24-13-12-19-8-10-21(11-9-19)22-16-26-27(17-22)15-5-4-14-25-23(28)29-18-20-6-2-1-3-7-20/h1-3,6-11,16-17H,4-5,12-15,18,24H2,(H,25,28). The van der Waals surface area contributed by atoms with Gasteiger partial charge in [0.15, 0.2) is 0 Å². The van der Waals surface area contributed by atoms with Gasteiger partial charge >= 0.3 is 6.09 Å². The Bertz CT molecular complexity index is 875. The molecule has 152 valence electrons. The molecule has 3 N–H and O–H groups in total. The Hall–Kier alpha value is -3.12. The summed E-state index contributed by atoms with van der Waals surface area (Å²) >= 11 is 0. The molecule has 6 nitrogen and oxygen atoms in total. The molecule has 0 radical (unpaired) electrons. The van der Waals surface area contributed by atoms with E-state index in [1.165, 1.54) is 5.56 Å². The molecule has 0 aliphatic carbocycles. The van der Waals surface area contributed by atoms with Gasteiger partial charge < -0.3 is 15.8 Å². The van der Waals surface area contributed by atoms with E-state index in [1.54, 1.807) is 0 Å². The van der Waals surface area contributed by atoms with Crippen molar-refractivity contribution in [3.63, 3.8) is 0 Å². The quantitative estimate of drug-likeness (QED) is 0.515. The molecule has 0 aliphatic heterocycles. The van der Waals surface area contributed by atoms with E-state index in [4.69, 9.17) is 10.5 Å². The van der Waals surface area contributed by atoms with Crippen LogP contribution in [0.5, 0.6) is 0 Å². The highest BCUT2D eigenvalue weighted by molar-refractivity contribution is 5.67. The van der Waals surface area contributed by atoms with Crippen LogP contribution in [-0.4, -0.2) is 29.0 Å². The summed E-state index contributed by atoms with van der Waals surface area (Å²) in [7, 11) is 0. The number of hydrogen-bond acceptors (Lipinski definition) is 4. The fraction of sp³-hybridized carbons (Fsp3) is 0.304. The van der Waals surface area contributed by atoms with Crippen molar-refractivity contribution in [1.82, 2.24) is 15.1 Å². The third-order valence-corrected chi connectivity index (χ3v) is 4.65. The second-order valence-corrected chi connectivity index (χ2v) is 6.92. The number of carbonyl (C=O) groups is 1. The van der Waals surface area contributed by atoms with E-state index in [2.05, 4.69) is 40.9 Å². The largest absolute Gasteiger partial charge is 0.445 e. The van der Waals surface area contributed by atoms with Crippen LogP contribution in [0.25, 0.3) is 11.1 Å². The number of ether oxygens (including phenoxy) is 1. The van der Waals surface area contributed by atoms with Crippen molar-refractivity contribution < 1.29 is 9.53 Å².